The number of rotatable bonds is 18. The number of Topliss-reactive ketones (excluding diaryl/α,β-unsaturated/α-hetero) is 1. The molecule has 0 aliphatic carbocycles. The van der Waals surface area contributed by atoms with Crippen molar-refractivity contribution in [2.45, 2.75) is 104 Å². The van der Waals surface area contributed by atoms with E-state index in [4.69, 9.17) is 19.9 Å². The Morgan fingerprint density at radius 2 is 1.92 bits per heavy atom. The lowest BCUT2D eigenvalue weighted by molar-refractivity contribution is -0.126. The fourth-order valence-corrected chi connectivity index (χ4v) is 5.28. The van der Waals surface area contributed by atoms with Crippen molar-refractivity contribution in [1.82, 2.24) is 0 Å². The number of hydrogen-bond donors (Lipinski definition) is 2. The van der Waals surface area contributed by atoms with Gasteiger partial charge >= 0.3 is 0 Å². The third-order valence-electron chi connectivity index (χ3n) is 7.96. The maximum atomic E-state index is 13.0. The Kier molecular flexibility index (Phi) is 14.1. The van der Waals surface area contributed by atoms with Crippen molar-refractivity contribution in [2.24, 2.45) is 29.4 Å². The van der Waals surface area contributed by atoms with Crippen LogP contribution in [0.15, 0.2) is 18.2 Å². The van der Waals surface area contributed by atoms with Crippen LogP contribution in [0.3, 0.4) is 0 Å². The topological polar surface area (TPSA) is 91.0 Å². The number of ether oxygens (including phenoxy) is 3. The van der Waals surface area contributed by atoms with Crippen LogP contribution < -0.4 is 10.5 Å². The molecule has 6 heteroatoms. The Labute approximate surface area is 225 Å². The summed E-state index contributed by atoms with van der Waals surface area (Å²) < 4.78 is 16.8. The number of hydrogen-bond acceptors (Lipinski definition) is 6. The zero-order valence-electron chi connectivity index (χ0n) is 24.2. The molecule has 3 N–H and O–H groups in total. The van der Waals surface area contributed by atoms with Crippen molar-refractivity contribution in [3.63, 3.8) is 0 Å². The summed E-state index contributed by atoms with van der Waals surface area (Å²) in [5, 5.41) is 11.1. The number of nitrogens with two attached hydrogens (primary N) is 1. The van der Waals surface area contributed by atoms with Gasteiger partial charge in [-0.2, -0.15) is 0 Å². The number of aliphatic hydroxyl groups excluding tert-OH is 1. The van der Waals surface area contributed by atoms with E-state index in [0.29, 0.717) is 44.3 Å². The molecule has 1 aromatic rings. The molecule has 6 nitrogen and oxygen atoms in total. The minimum absolute atomic E-state index is 0.171. The van der Waals surface area contributed by atoms with Gasteiger partial charge in [-0.15, -0.1) is 0 Å². The maximum absolute atomic E-state index is 13.0. The predicted molar refractivity (Wildman–Crippen MR) is 150 cm³/mol. The van der Waals surface area contributed by atoms with E-state index in [9.17, 15) is 9.90 Å². The molecule has 0 bridgehead atoms. The van der Waals surface area contributed by atoms with Crippen LogP contribution >= 0.6 is 0 Å². The van der Waals surface area contributed by atoms with Gasteiger partial charge in [0.1, 0.15) is 11.5 Å². The smallest absolute Gasteiger partial charge is 0.136 e. The average Bonchev–Trinajstić information content (AvgIpc) is 3.38. The number of ketones is 1. The van der Waals surface area contributed by atoms with Gasteiger partial charge in [0, 0.05) is 45.1 Å². The zero-order chi connectivity index (χ0) is 27.4. The van der Waals surface area contributed by atoms with Gasteiger partial charge in [0.15, 0.2) is 0 Å². The van der Waals surface area contributed by atoms with Crippen molar-refractivity contribution < 1.29 is 24.1 Å². The van der Waals surface area contributed by atoms with Crippen LogP contribution in [0.2, 0.25) is 0 Å². The second kappa shape index (κ2) is 16.5. The first kappa shape index (κ1) is 31.7. The fourth-order valence-electron chi connectivity index (χ4n) is 5.28. The van der Waals surface area contributed by atoms with Crippen molar-refractivity contribution in [3.05, 3.63) is 29.3 Å². The largest absolute Gasteiger partial charge is 0.493 e. The SMILES string of the molecule is COCCCOc1cc(C[C@@H](C[C@H](N)[C@@H](O)C[C@H](C(=O)CC[C@H]2CCCO2)C(C)C)C(C)C)ccc1C. The van der Waals surface area contributed by atoms with E-state index in [1.807, 2.05) is 0 Å². The summed E-state index contributed by atoms with van der Waals surface area (Å²) in [6, 6.07) is 6.05. The highest BCUT2D eigenvalue weighted by Gasteiger charge is 2.30. The molecular weight excluding hydrogens is 466 g/mol. The second-order valence-electron chi connectivity index (χ2n) is 11.7. The first-order valence-electron chi connectivity index (χ1n) is 14.4. The predicted octanol–water partition coefficient (Wildman–Crippen LogP) is 5.49. The number of aryl methyl sites for hydroxylation is 1. The van der Waals surface area contributed by atoms with Crippen molar-refractivity contribution in [1.29, 1.82) is 0 Å². The highest BCUT2D eigenvalue weighted by Crippen LogP contribution is 2.29. The first-order chi connectivity index (χ1) is 17.6. The van der Waals surface area contributed by atoms with E-state index in [1.165, 1.54) is 5.56 Å². The minimum atomic E-state index is -0.696. The molecule has 1 aromatic carbocycles. The molecule has 0 amide bonds. The summed E-state index contributed by atoms with van der Waals surface area (Å²) in [4.78, 5) is 13.0. The molecule has 5 atom stereocenters. The summed E-state index contributed by atoms with van der Waals surface area (Å²) in [6.07, 6.45) is 5.84. The van der Waals surface area contributed by atoms with E-state index in [2.05, 4.69) is 52.8 Å². The van der Waals surface area contributed by atoms with Crippen LogP contribution in [-0.2, 0) is 20.7 Å². The molecule has 1 aliphatic heterocycles. The Bertz CT molecular complexity index is 790. The highest BCUT2D eigenvalue weighted by molar-refractivity contribution is 5.81. The summed E-state index contributed by atoms with van der Waals surface area (Å²) in [7, 11) is 1.70. The maximum Gasteiger partial charge on any atom is 0.136 e. The standard InChI is InChI=1S/C31H53NO5/c1-21(2)25(17-24-11-10-23(5)31(18-24)37-16-8-14-35-6)19-28(32)30(34)20-27(22(3)4)29(33)13-12-26-9-7-15-36-26/h10-11,18,21-22,25-28,30,34H,7-9,12-17,19-20,32H2,1-6H3/t25-,26+,27-,28-,30-/m0/s1. The molecule has 0 aromatic heterocycles. The molecule has 1 fully saturated rings. The van der Waals surface area contributed by atoms with Crippen LogP contribution in [0.1, 0.15) is 83.8 Å². The Balaban J connectivity index is 1.94. The lowest BCUT2D eigenvalue weighted by Gasteiger charge is -2.30. The van der Waals surface area contributed by atoms with Gasteiger partial charge < -0.3 is 25.1 Å². The van der Waals surface area contributed by atoms with Crippen molar-refractivity contribution in [3.8, 4) is 5.75 Å². The number of carbonyl (C=O) groups excluding carboxylic acids is 1. The molecule has 0 saturated carbocycles. The molecule has 1 aliphatic rings. The van der Waals surface area contributed by atoms with Crippen LogP contribution in [-0.4, -0.2) is 56.1 Å². The van der Waals surface area contributed by atoms with Crippen molar-refractivity contribution >= 4 is 5.78 Å². The number of benzene rings is 1. The second-order valence-corrected chi connectivity index (χ2v) is 11.7. The van der Waals surface area contributed by atoms with E-state index >= 15 is 0 Å². The van der Waals surface area contributed by atoms with Crippen LogP contribution in [0.25, 0.3) is 0 Å². The number of methoxy groups -OCH3 is 1. The van der Waals surface area contributed by atoms with Gasteiger partial charge in [-0.3, -0.25) is 4.79 Å². The summed E-state index contributed by atoms with van der Waals surface area (Å²) in [5.74, 6) is 1.89. The summed E-state index contributed by atoms with van der Waals surface area (Å²) >= 11 is 0. The van der Waals surface area contributed by atoms with Crippen molar-refractivity contribution in [2.75, 3.05) is 26.9 Å². The molecule has 0 spiro atoms. The third-order valence-corrected chi connectivity index (χ3v) is 7.96. The van der Waals surface area contributed by atoms with Gasteiger partial charge in [0.25, 0.3) is 0 Å². The molecule has 1 heterocycles. The third kappa shape index (κ3) is 11.0. The lowest BCUT2D eigenvalue weighted by Crippen LogP contribution is -2.40. The number of aliphatic hydroxyl groups is 1. The van der Waals surface area contributed by atoms with E-state index in [-0.39, 0.29) is 29.8 Å². The minimum Gasteiger partial charge on any atom is -0.493 e. The van der Waals surface area contributed by atoms with Crippen LogP contribution in [0.4, 0.5) is 0 Å². The van der Waals surface area contributed by atoms with Gasteiger partial charge in [0.05, 0.1) is 18.8 Å². The van der Waals surface area contributed by atoms with E-state index < -0.39 is 6.10 Å². The van der Waals surface area contributed by atoms with Gasteiger partial charge in [-0.1, -0.05) is 39.8 Å². The molecule has 212 valence electrons. The molecule has 0 radical (unpaired) electrons. The normalized spacial score (nSPS) is 19.2. The number of carbonyl (C=O) groups is 1. The van der Waals surface area contributed by atoms with Gasteiger partial charge in [0.2, 0.25) is 0 Å². The first-order valence-corrected chi connectivity index (χ1v) is 14.4. The lowest BCUT2D eigenvalue weighted by atomic mass is 9.79. The van der Waals surface area contributed by atoms with Crippen LogP contribution in [0, 0.1) is 30.6 Å². The summed E-state index contributed by atoms with van der Waals surface area (Å²) in [5.41, 5.74) is 8.90. The summed E-state index contributed by atoms with van der Waals surface area (Å²) in [6.45, 7) is 12.7. The molecule has 2 rings (SSSR count). The molecular formula is C31H53NO5. The Hall–Kier alpha value is -1.47. The van der Waals surface area contributed by atoms with Crippen LogP contribution in [0.5, 0.6) is 5.75 Å². The molecule has 1 saturated heterocycles. The quantitative estimate of drug-likeness (QED) is 0.249. The van der Waals surface area contributed by atoms with Gasteiger partial charge in [-0.25, -0.2) is 0 Å². The zero-order valence-corrected chi connectivity index (χ0v) is 24.2. The monoisotopic (exact) mass is 519 g/mol. The van der Waals surface area contributed by atoms with E-state index in [1.54, 1.807) is 7.11 Å². The Morgan fingerprint density at radius 1 is 1.16 bits per heavy atom. The Morgan fingerprint density at radius 3 is 2.54 bits per heavy atom. The fraction of sp³-hybridized carbons (Fsp3) is 0.774. The van der Waals surface area contributed by atoms with E-state index in [0.717, 1.165) is 50.0 Å². The molecule has 0 unspecified atom stereocenters. The molecule has 37 heavy (non-hydrogen) atoms. The van der Waals surface area contributed by atoms with Gasteiger partial charge in [-0.05, 0) is 80.4 Å². The average molecular weight is 520 g/mol. The highest BCUT2D eigenvalue weighted by atomic mass is 16.5.